The van der Waals surface area contributed by atoms with E-state index in [2.05, 4.69) is 20.2 Å². The fraction of sp³-hybridized carbons (Fsp3) is 0.421. The topological polar surface area (TPSA) is 96.3 Å². The summed E-state index contributed by atoms with van der Waals surface area (Å²) in [5.74, 6) is 0.212. The van der Waals surface area contributed by atoms with Gasteiger partial charge in [0, 0.05) is 43.9 Å². The quantitative estimate of drug-likeness (QED) is 0.613. The highest BCUT2D eigenvalue weighted by Crippen LogP contribution is 2.24. The Morgan fingerprint density at radius 1 is 1.30 bits per heavy atom. The zero-order valence-corrected chi connectivity index (χ0v) is 15.9. The molecule has 2 amide bonds. The Morgan fingerprint density at radius 3 is 2.85 bits per heavy atom. The number of carboxylic acid groups (broad SMARTS) is 1. The lowest BCUT2D eigenvalue weighted by Gasteiger charge is -2.18. The SMILES string of the molecule is O=C(O)CCC(Cc1ccccc1)NC(=O)NCCc1cn2c(n1)SCC2. The lowest BCUT2D eigenvalue weighted by Crippen LogP contribution is -2.44. The van der Waals surface area contributed by atoms with Crippen LogP contribution in [-0.4, -0.2) is 45.0 Å². The number of aromatic nitrogens is 2. The van der Waals surface area contributed by atoms with Crippen LogP contribution in [0.5, 0.6) is 0 Å². The Balaban J connectivity index is 1.46. The molecule has 1 unspecified atom stereocenters. The summed E-state index contributed by atoms with van der Waals surface area (Å²) in [4.78, 5) is 27.7. The maximum absolute atomic E-state index is 12.2. The molecule has 1 aromatic carbocycles. The molecule has 8 heteroatoms. The van der Waals surface area contributed by atoms with Gasteiger partial charge < -0.3 is 20.3 Å². The molecular weight excluding hydrogens is 364 g/mol. The molecule has 1 atom stereocenters. The first kappa shape index (κ1) is 19.3. The first-order chi connectivity index (χ1) is 13.1. The van der Waals surface area contributed by atoms with Crippen LogP contribution in [0, 0.1) is 0 Å². The average molecular weight is 388 g/mol. The van der Waals surface area contributed by atoms with Gasteiger partial charge in [0.25, 0.3) is 0 Å². The van der Waals surface area contributed by atoms with Gasteiger partial charge in [-0.15, -0.1) is 0 Å². The minimum Gasteiger partial charge on any atom is -0.481 e. The van der Waals surface area contributed by atoms with Gasteiger partial charge in [-0.3, -0.25) is 4.79 Å². The summed E-state index contributed by atoms with van der Waals surface area (Å²) in [7, 11) is 0. The number of nitrogens with one attached hydrogen (secondary N) is 2. The second-order valence-electron chi connectivity index (χ2n) is 6.53. The summed E-state index contributed by atoms with van der Waals surface area (Å²) in [6, 6.07) is 9.25. The van der Waals surface area contributed by atoms with Crippen LogP contribution < -0.4 is 10.6 Å². The lowest BCUT2D eigenvalue weighted by atomic mass is 10.0. The predicted molar refractivity (Wildman–Crippen MR) is 104 cm³/mol. The number of nitrogens with zero attached hydrogens (tertiary/aromatic N) is 2. The number of imidazole rings is 1. The molecule has 27 heavy (non-hydrogen) atoms. The van der Waals surface area contributed by atoms with E-state index in [1.165, 1.54) is 0 Å². The molecule has 3 N–H and O–H groups in total. The number of aryl methyl sites for hydroxylation is 1. The summed E-state index contributed by atoms with van der Waals surface area (Å²) in [6.45, 7) is 1.48. The van der Waals surface area contributed by atoms with E-state index in [1.54, 1.807) is 11.8 Å². The normalized spacial score (nSPS) is 13.8. The number of benzene rings is 1. The van der Waals surface area contributed by atoms with Crippen molar-refractivity contribution in [2.24, 2.45) is 0 Å². The van der Waals surface area contributed by atoms with Gasteiger partial charge in [-0.1, -0.05) is 42.1 Å². The van der Waals surface area contributed by atoms with Crippen LogP contribution in [0.1, 0.15) is 24.1 Å². The summed E-state index contributed by atoms with van der Waals surface area (Å²) < 4.78 is 2.14. The molecule has 1 aliphatic heterocycles. The van der Waals surface area contributed by atoms with Crippen LogP contribution in [0.15, 0.2) is 41.7 Å². The minimum atomic E-state index is -0.860. The van der Waals surface area contributed by atoms with Crippen molar-refractivity contribution in [3.8, 4) is 0 Å². The predicted octanol–water partition coefficient (Wildman–Crippen LogP) is 2.31. The van der Waals surface area contributed by atoms with Crippen LogP contribution in [0.25, 0.3) is 0 Å². The van der Waals surface area contributed by atoms with Crippen molar-refractivity contribution in [3.63, 3.8) is 0 Å². The van der Waals surface area contributed by atoms with E-state index in [-0.39, 0.29) is 18.5 Å². The van der Waals surface area contributed by atoms with Gasteiger partial charge in [-0.2, -0.15) is 0 Å². The van der Waals surface area contributed by atoms with Crippen LogP contribution in [-0.2, 0) is 24.2 Å². The van der Waals surface area contributed by atoms with Crippen LogP contribution in [0.3, 0.4) is 0 Å². The fourth-order valence-electron chi connectivity index (χ4n) is 3.04. The standard InChI is InChI=1S/C19H24N4O3S/c24-17(25)7-6-15(12-14-4-2-1-3-5-14)21-18(26)20-9-8-16-13-23-10-11-27-19(23)22-16/h1-5,13,15H,6-12H2,(H,24,25)(H2,20,21,26). The number of hydrogen-bond acceptors (Lipinski definition) is 4. The van der Waals surface area contributed by atoms with Gasteiger partial charge in [0.05, 0.1) is 5.69 Å². The third-order valence-electron chi connectivity index (χ3n) is 4.39. The highest BCUT2D eigenvalue weighted by molar-refractivity contribution is 7.99. The Labute approximate surface area is 162 Å². The maximum Gasteiger partial charge on any atom is 0.315 e. The first-order valence-corrected chi connectivity index (χ1v) is 10.1. The van der Waals surface area contributed by atoms with Gasteiger partial charge in [-0.25, -0.2) is 9.78 Å². The highest BCUT2D eigenvalue weighted by Gasteiger charge is 2.16. The molecule has 2 aromatic rings. The number of hydrogen-bond donors (Lipinski definition) is 3. The molecule has 0 saturated carbocycles. The van der Waals surface area contributed by atoms with Crippen molar-refractivity contribution in [1.29, 1.82) is 0 Å². The number of carbonyl (C=O) groups is 2. The highest BCUT2D eigenvalue weighted by atomic mass is 32.2. The summed E-state index contributed by atoms with van der Waals surface area (Å²) in [6.07, 6.45) is 3.73. The summed E-state index contributed by atoms with van der Waals surface area (Å²) in [5, 5.41) is 15.7. The minimum absolute atomic E-state index is 0.0235. The Kier molecular flexibility index (Phi) is 6.75. The Bertz CT molecular complexity index is 757. The molecular formula is C19H24N4O3S. The van der Waals surface area contributed by atoms with Crippen molar-refractivity contribution < 1.29 is 14.7 Å². The average Bonchev–Trinajstić information content (AvgIpc) is 3.22. The number of urea groups is 1. The fourth-order valence-corrected chi connectivity index (χ4v) is 4.01. The smallest absolute Gasteiger partial charge is 0.315 e. The number of thioether (sulfide) groups is 1. The zero-order chi connectivity index (χ0) is 19.1. The van der Waals surface area contributed by atoms with Crippen molar-refractivity contribution >= 4 is 23.8 Å². The van der Waals surface area contributed by atoms with E-state index in [4.69, 9.17) is 5.11 Å². The van der Waals surface area contributed by atoms with E-state index >= 15 is 0 Å². The van der Waals surface area contributed by atoms with E-state index in [0.29, 0.717) is 25.8 Å². The molecule has 7 nitrogen and oxygen atoms in total. The van der Waals surface area contributed by atoms with Crippen molar-refractivity contribution in [3.05, 3.63) is 47.8 Å². The maximum atomic E-state index is 12.2. The number of amides is 2. The molecule has 2 heterocycles. The third kappa shape index (κ3) is 6.02. The third-order valence-corrected chi connectivity index (χ3v) is 5.36. The molecule has 1 aromatic heterocycles. The van der Waals surface area contributed by atoms with Crippen molar-refractivity contribution in [2.45, 2.75) is 43.4 Å². The lowest BCUT2D eigenvalue weighted by molar-refractivity contribution is -0.137. The summed E-state index contributed by atoms with van der Waals surface area (Å²) >= 11 is 1.75. The Morgan fingerprint density at radius 2 is 2.11 bits per heavy atom. The van der Waals surface area contributed by atoms with Crippen molar-refractivity contribution in [1.82, 2.24) is 20.2 Å². The number of fused-ring (bicyclic) bond motifs is 1. The first-order valence-electron chi connectivity index (χ1n) is 9.09. The molecule has 3 rings (SSSR count). The number of rotatable bonds is 9. The molecule has 1 aliphatic rings. The van der Waals surface area contributed by atoms with Crippen molar-refractivity contribution in [2.75, 3.05) is 12.3 Å². The monoisotopic (exact) mass is 388 g/mol. The van der Waals surface area contributed by atoms with Gasteiger partial charge in [0.1, 0.15) is 0 Å². The molecule has 0 spiro atoms. The second-order valence-corrected chi connectivity index (χ2v) is 7.59. The largest absolute Gasteiger partial charge is 0.481 e. The van der Waals surface area contributed by atoms with Crippen LogP contribution in [0.4, 0.5) is 4.79 Å². The zero-order valence-electron chi connectivity index (χ0n) is 15.1. The van der Waals surface area contributed by atoms with Crippen LogP contribution >= 0.6 is 11.8 Å². The number of carbonyl (C=O) groups excluding carboxylic acids is 1. The van der Waals surface area contributed by atoms with E-state index in [9.17, 15) is 9.59 Å². The van der Waals surface area contributed by atoms with Crippen LogP contribution in [0.2, 0.25) is 0 Å². The molecule has 0 fully saturated rings. The molecule has 0 bridgehead atoms. The van der Waals surface area contributed by atoms with E-state index in [0.717, 1.165) is 28.7 Å². The van der Waals surface area contributed by atoms with E-state index < -0.39 is 5.97 Å². The molecule has 144 valence electrons. The van der Waals surface area contributed by atoms with E-state index in [1.807, 2.05) is 36.5 Å². The van der Waals surface area contributed by atoms with Gasteiger partial charge in [0.15, 0.2) is 5.16 Å². The number of carboxylic acids is 1. The van der Waals surface area contributed by atoms with Gasteiger partial charge in [-0.05, 0) is 18.4 Å². The summed E-state index contributed by atoms with van der Waals surface area (Å²) in [5.41, 5.74) is 2.04. The second kappa shape index (κ2) is 9.45. The molecule has 0 aliphatic carbocycles. The molecule has 0 radical (unpaired) electrons. The molecule has 0 saturated heterocycles. The van der Waals surface area contributed by atoms with Gasteiger partial charge >= 0.3 is 12.0 Å². The Hall–Kier alpha value is -2.48. The van der Waals surface area contributed by atoms with Gasteiger partial charge in [0.2, 0.25) is 0 Å². The number of aliphatic carboxylic acids is 1.